The SMILES string of the molecule is CC(C)(C)CC(=O)OC[C@H](c1ccc(Cl)c(-c2ncn[nH]2)c1)N1C(=O)[C@@](CC(C)(C)C)(c2ccc(-c3cnn(C4COC4)c3)cc2)N=C1N. The number of amides is 1. The van der Waals surface area contributed by atoms with Gasteiger partial charge in [0.2, 0.25) is 0 Å². The molecule has 1 amide bonds. The summed E-state index contributed by atoms with van der Waals surface area (Å²) in [7, 11) is 0. The second kappa shape index (κ2) is 13.1. The molecule has 0 aliphatic carbocycles. The fourth-order valence-corrected chi connectivity index (χ4v) is 6.53. The van der Waals surface area contributed by atoms with Crippen molar-refractivity contribution in [1.29, 1.82) is 0 Å². The molecule has 1 fully saturated rings. The summed E-state index contributed by atoms with van der Waals surface area (Å²) in [5.74, 6) is -0.193. The van der Waals surface area contributed by atoms with Gasteiger partial charge in [-0.1, -0.05) is 83.5 Å². The molecular weight excluding hydrogens is 644 g/mol. The zero-order valence-corrected chi connectivity index (χ0v) is 29.5. The van der Waals surface area contributed by atoms with E-state index in [1.807, 2.05) is 62.1 Å². The highest BCUT2D eigenvalue weighted by Crippen LogP contribution is 2.45. The molecule has 258 valence electrons. The fraction of sp³-hybridized carbons (Fsp3) is 0.444. The van der Waals surface area contributed by atoms with Crippen LogP contribution in [-0.4, -0.2) is 67.5 Å². The van der Waals surface area contributed by atoms with Crippen LogP contribution in [0.2, 0.25) is 5.02 Å². The third-order valence-corrected chi connectivity index (χ3v) is 8.97. The number of aromatic nitrogens is 5. The van der Waals surface area contributed by atoms with E-state index in [1.54, 1.807) is 18.2 Å². The van der Waals surface area contributed by atoms with Crippen molar-refractivity contribution in [3.8, 4) is 22.5 Å². The number of aliphatic imine (C=N–C) groups is 1. The highest BCUT2D eigenvalue weighted by atomic mass is 35.5. The summed E-state index contributed by atoms with van der Waals surface area (Å²) in [6, 6.07) is 12.6. The normalized spacial score (nSPS) is 19.1. The number of H-pyrrole nitrogens is 1. The number of esters is 1. The number of aromatic amines is 1. The number of carbonyl (C=O) groups is 2. The maximum absolute atomic E-state index is 15.0. The summed E-state index contributed by atoms with van der Waals surface area (Å²) >= 11 is 6.58. The van der Waals surface area contributed by atoms with Crippen molar-refractivity contribution >= 4 is 29.4 Å². The molecule has 2 atom stereocenters. The lowest BCUT2D eigenvalue weighted by Crippen LogP contribution is -2.47. The van der Waals surface area contributed by atoms with Crippen molar-refractivity contribution in [2.75, 3.05) is 19.8 Å². The smallest absolute Gasteiger partial charge is 0.306 e. The summed E-state index contributed by atoms with van der Waals surface area (Å²) in [6.45, 7) is 13.3. The molecule has 2 aliphatic rings. The van der Waals surface area contributed by atoms with Gasteiger partial charge in [0.1, 0.15) is 12.9 Å². The molecule has 1 saturated heterocycles. The van der Waals surface area contributed by atoms with E-state index >= 15 is 0 Å². The maximum Gasteiger partial charge on any atom is 0.306 e. The van der Waals surface area contributed by atoms with Crippen LogP contribution in [0.4, 0.5) is 0 Å². The largest absolute Gasteiger partial charge is 0.463 e. The van der Waals surface area contributed by atoms with Crippen LogP contribution in [0, 0.1) is 10.8 Å². The van der Waals surface area contributed by atoms with E-state index in [2.05, 4.69) is 41.1 Å². The van der Waals surface area contributed by atoms with Gasteiger partial charge in [0, 0.05) is 17.3 Å². The lowest BCUT2D eigenvalue weighted by molar-refractivity contribution is -0.149. The quantitative estimate of drug-likeness (QED) is 0.191. The van der Waals surface area contributed by atoms with Crippen molar-refractivity contribution in [3.63, 3.8) is 0 Å². The van der Waals surface area contributed by atoms with Crippen LogP contribution in [0.25, 0.3) is 22.5 Å². The molecule has 12 nitrogen and oxygen atoms in total. The predicted molar refractivity (Wildman–Crippen MR) is 186 cm³/mol. The number of carbonyl (C=O) groups excluding carboxylic acids is 2. The highest BCUT2D eigenvalue weighted by molar-refractivity contribution is 6.33. The minimum Gasteiger partial charge on any atom is -0.463 e. The maximum atomic E-state index is 15.0. The van der Waals surface area contributed by atoms with Gasteiger partial charge in [-0.25, -0.2) is 9.98 Å². The van der Waals surface area contributed by atoms with Crippen LogP contribution in [-0.2, 0) is 24.6 Å². The molecule has 2 aromatic heterocycles. The minimum absolute atomic E-state index is 0.0374. The van der Waals surface area contributed by atoms with Gasteiger partial charge in [-0.2, -0.15) is 10.2 Å². The molecular formula is C36H43ClN8O4. The van der Waals surface area contributed by atoms with E-state index in [0.29, 0.717) is 47.2 Å². The molecule has 49 heavy (non-hydrogen) atoms. The number of nitrogens with zero attached hydrogens (tertiary/aromatic N) is 6. The van der Waals surface area contributed by atoms with Gasteiger partial charge >= 0.3 is 5.97 Å². The Morgan fingerprint density at radius 3 is 2.45 bits per heavy atom. The fourth-order valence-electron chi connectivity index (χ4n) is 6.32. The molecule has 0 radical (unpaired) electrons. The predicted octanol–water partition coefficient (Wildman–Crippen LogP) is 6.07. The zero-order chi connectivity index (χ0) is 35.1. The lowest BCUT2D eigenvalue weighted by atomic mass is 9.75. The average molecular weight is 687 g/mol. The Hall–Kier alpha value is -4.55. The van der Waals surface area contributed by atoms with Crippen molar-refractivity contribution in [3.05, 3.63) is 77.3 Å². The molecule has 4 heterocycles. The Kier molecular flexibility index (Phi) is 9.14. The summed E-state index contributed by atoms with van der Waals surface area (Å²) in [4.78, 5) is 38.6. The number of hydrogen-bond acceptors (Lipinski definition) is 9. The van der Waals surface area contributed by atoms with Crippen LogP contribution >= 0.6 is 11.6 Å². The van der Waals surface area contributed by atoms with Gasteiger partial charge in [0.05, 0.1) is 42.9 Å². The molecule has 13 heteroatoms. The van der Waals surface area contributed by atoms with Gasteiger partial charge in [0.25, 0.3) is 5.91 Å². The lowest BCUT2D eigenvalue weighted by Gasteiger charge is -2.35. The van der Waals surface area contributed by atoms with Gasteiger partial charge < -0.3 is 15.2 Å². The second-order valence-corrected chi connectivity index (χ2v) is 15.6. The van der Waals surface area contributed by atoms with Crippen LogP contribution < -0.4 is 5.73 Å². The van der Waals surface area contributed by atoms with Gasteiger partial charge in [0.15, 0.2) is 17.3 Å². The van der Waals surface area contributed by atoms with E-state index in [0.717, 1.165) is 11.1 Å². The molecule has 0 bridgehead atoms. The Bertz CT molecular complexity index is 1850. The molecule has 3 N–H and O–H groups in total. The molecule has 6 rings (SSSR count). The van der Waals surface area contributed by atoms with E-state index in [4.69, 9.17) is 31.8 Å². The third kappa shape index (κ3) is 7.25. The van der Waals surface area contributed by atoms with Crippen LogP contribution in [0.15, 0.2) is 66.2 Å². The molecule has 4 aromatic rings. The third-order valence-electron chi connectivity index (χ3n) is 8.64. The van der Waals surface area contributed by atoms with Crippen LogP contribution in [0.5, 0.6) is 0 Å². The summed E-state index contributed by atoms with van der Waals surface area (Å²) in [6.07, 6.45) is 5.82. The topological polar surface area (TPSA) is 154 Å². The molecule has 2 aliphatic heterocycles. The van der Waals surface area contributed by atoms with E-state index in [1.165, 1.54) is 11.2 Å². The standard InChI is InChI=1S/C36H43ClN8O4/c1-34(2,3)14-30(46)49-19-29(23-9-12-28(37)27(13-23)31-39-21-40-43-31)45-32(47)36(42-33(45)38,20-35(4,5)6)25-10-7-22(8-11-25)24-15-41-44(16-24)26-17-48-18-26/h7-13,15-16,21,26,29H,14,17-20H2,1-6H3,(H2,38,42)(H,39,40,43)/t29-,36-/m1/s1. The van der Waals surface area contributed by atoms with Crippen LogP contribution in [0.1, 0.15) is 77.6 Å². The Morgan fingerprint density at radius 2 is 1.84 bits per heavy atom. The number of halogens is 1. The van der Waals surface area contributed by atoms with Crippen LogP contribution in [0.3, 0.4) is 0 Å². The minimum atomic E-state index is -1.32. The van der Waals surface area contributed by atoms with Crippen molar-refractivity contribution in [1.82, 2.24) is 29.9 Å². The number of benzene rings is 2. The second-order valence-electron chi connectivity index (χ2n) is 15.2. The van der Waals surface area contributed by atoms with Crippen molar-refractivity contribution in [2.24, 2.45) is 21.6 Å². The number of hydrogen-bond donors (Lipinski definition) is 2. The van der Waals surface area contributed by atoms with E-state index in [9.17, 15) is 9.59 Å². The molecule has 0 saturated carbocycles. The van der Waals surface area contributed by atoms with Crippen molar-refractivity contribution < 1.29 is 19.1 Å². The first-order chi connectivity index (χ1) is 23.1. The van der Waals surface area contributed by atoms with E-state index < -0.39 is 11.6 Å². The van der Waals surface area contributed by atoms with Crippen molar-refractivity contribution in [2.45, 2.75) is 72.0 Å². The first kappa shape index (κ1) is 34.3. The Labute approximate surface area is 291 Å². The zero-order valence-electron chi connectivity index (χ0n) is 28.7. The molecule has 2 aromatic carbocycles. The summed E-state index contributed by atoms with van der Waals surface area (Å²) in [5.41, 5.74) is 8.67. The van der Waals surface area contributed by atoms with Gasteiger partial charge in [-0.05, 0) is 46.1 Å². The first-order valence-corrected chi connectivity index (χ1v) is 16.7. The number of ether oxygens (including phenoxy) is 2. The highest BCUT2D eigenvalue weighted by Gasteiger charge is 2.53. The number of nitrogens with two attached hydrogens (primary N) is 1. The monoisotopic (exact) mass is 686 g/mol. The van der Waals surface area contributed by atoms with Gasteiger partial charge in [-0.3, -0.25) is 24.3 Å². The summed E-state index contributed by atoms with van der Waals surface area (Å²) in [5, 5.41) is 11.8. The molecule has 0 spiro atoms. The molecule has 0 unspecified atom stereocenters. The van der Waals surface area contributed by atoms with E-state index in [-0.39, 0.29) is 47.7 Å². The van der Waals surface area contributed by atoms with Gasteiger partial charge in [-0.15, -0.1) is 0 Å². The Morgan fingerprint density at radius 1 is 1.10 bits per heavy atom. The average Bonchev–Trinajstić information content (AvgIpc) is 3.74. The number of guanidine groups is 1. The number of rotatable bonds is 10. The number of nitrogens with one attached hydrogen (secondary N) is 1. The summed E-state index contributed by atoms with van der Waals surface area (Å²) < 4.78 is 13.1. The Balaban J connectivity index is 1.37. The first-order valence-electron chi connectivity index (χ1n) is 16.4.